The van der Waals surface area contributed by atoms with Crippen LogP contribution in [0.3, 0.4) is 0 Å². The molecule has 0 spiro atoms. The Balaban J connectivity index is 0.00000180. The zero-order valence-electron chi connectivity index (χ0n) is 10.3. The van der Waals surface area contributed by atoms with Gasteiger partial charge in [-0.05, 0) is 6.92 Å². The van der Waals surface area contributed by atoms with E-state index in [-0.39, 0.29) is 33.2 Å². The molecule has 0 amide bonds. The monoisotopic (exact) mass is 460 g/mol. The van der Waals surface area contributed by atoms with Gasteiger partial charge in [0.05, 0.1) is 6.61 Å². The summed E-state index contributed by atoms with van der Waals surface area (Å²) in [6.07, 6.45) is -3.52. The number of ether oxygens (including phenoxy) is 1. The second kappa shape index (κ2) is 6.27. The van der Waals surface area contributed by atoms with Crippen LogP contribution in [0.4, 0.5) is 0 Å². The molecule has 4 atom stereocenters. The molecule has 8 nitrogen and oxygen atoms in total. The summed E-state index contributed by atoms with van der Waals surface area (Å²) in [6.45, 7) is 1.02. The molecule has 19 heavy (non-hydrogen) atoms. The fourth-order valence-corrected chi connectivity index (χ4v) is 1.88. The first-order chi connectivity index (χ1) is 8.45. The smallest absolute Gasteiger partial charge is 0.330 e. The van der Waals surface area contributed by atoms with Crippen molar-refractivity contribution in [3.8, 4) is 0 Å². The Hall–Kier alpha value is -0.545. The molecule has 2 rings (SSSR count). The van der Waals surface area contributed by atoms with E-state index in [1.807, 2.05) is 0 Å². The molecule has 4 N–H and O–H groups in total. The van der Waals surface area contributed by atoms with Gasteiger partial charge in [0.2, 0.25) is 0 Å². The van der Waals surface area contributed by atoms with Crippen LogP contribution in [-0.2, 0) is 32.4 Å². The summed E-state index contributed by atoms with van der Waals surface area (Å²) in [5, 5.41) is 28.3. The fraction of sp³-hybridized carbons (Fsp3) is 0.600. The van der Waals surface area contributed by atoms with Crippen molar-refractivity contribution in [2.24, 2.45) is 0 Å². The number of aromatic nitrogens is 2. The number of nitrogens with zero attached hydrogens (tertiary/aromatic N) is 1. The normalized spacial score (nSPS) is 30.1. The van der Waals surface area contributed by atoms with Gasteiger partial charge in [-0.3, -0.25) is 14.3 Å². The summed E-state index contributed by atoms with van der Waals surface area (Å²) >= 11 is 0. The average molecular weight is 459 g/mol. The van der Waals surface area contributed by atoms with E-state index in [9.17, 15) is 19.8 Å². The molecule has 1 aliphatic heterocycles. The molecule has 1 aromatic rings. The van der Waals surface area contributed by atoms with Gasteiger partial charge in [-0.15, -0.1) is 0 Å². The molecule has 0 aliphatic carbocycles. The maximum atomic E-state index is 11.6. The van der Waals surface area contributed by atoms with E-state index < -0.39 is 42.4 Å². The minimum atomic E-state index is -1.36. The van der Waals surface area contributed by atoms with Crippen LogP contribution in [0.15, 0.2) is 15.8 Å². The quantitative estimate of drug-likeness (QED) is 0.362. The third kappa shape index (κ3) is 2.97. The molecule has 1 saturated heterocycles. The molecular weight excluding hydrogens is 445 g/mol. The maximum Gasteiger partial charge on any atom is 0.330 e. The number of H-pyrrole nitrogens is 1. The topological polar surface area (TPSA) is 125 Å². The van der Waals surface area contributed by atoms with E-state index in [1.54, 1.807) is 0 Å². The Bertz CT molecular complexity index is 556. The summed E-state index contributed by atoms with van der Waals surface area (Å²) < 4.78 is 6.17. The second-order valence-corrected chi connectivity index (χ2v) is 4.21. The average Bonchev–Trinajstić information content (AvgIpc) is 2.61. The minimum absolute atomic E-state index is 0. The summed E-state index contributed by atoms with van der Waals surface area (Å²) in [7, 11) is 0. The van der Waals surface area contributed by atoms with Gasteiger partial charge >= 0.3 is 5.69 Å². The van der Waals surface area contributed by atoms with Crippen molar-refractivity contribution in [2.75, 3.05) is 6.61 Å². The summed E-state index contributed by atoms with van der Waals surface area (Å²) in [5.74, 6) is 0. The van der Waals surface area contributed by atoms with Crippen LogP contribution in [0.1, 0.15) is 11.8 Å². The third-order valence-electron chi connectivity index (χ3n) is 2.94. The molecule has 102 valence electrons. The van der Waals surface area contributed by atoms with E-state index in [0.717, 1.165) is 4.57 Å². The number of aliphatic hydroxyl groups is 3. The van der Waals surface area contributed by atoms with E-state index in [4.69, 9.17) is 9.84 Å². The number of aromatic amines is 1. The fourth-order valence-electron chi connectivity index (χ4n) is 1.88. The first-order valence-corrected chi connectivity index (χ1v) is 5.40. The first-order valence-electron chi connectivity index (χ1n) is 5.40. The van der Waals surface area contributed by atoms with E-state index >= 15 is 0 Å². The van der Waals surface area contributed by atoms with Gasteiger partial charge in [0.1, 0.15) is 18.3 Å². The molecule has 0 saturated carbocycles. The van der Waals surface area contributed by atoms with Gasteiger partial charge in [0, 0.05) is 39.4 Å². The Labute approximate surface area is 128 Å². The predicted octanol–water partition coefficient (Wildman–Crippen LogP) is -2.55. The van der Waals surface area contributed by atoms with Crippen molar-refractivity contribution in [3.63, 3.8) is 0 Å². The zero-order chi connectivity index (χ0) is 13.4. The number of aryl methyl sites for hydroxylation is 1. The summed E-state index contributed by atoms with van der Waals surface area (Å²) in [6, 6.07) is 0. The van der Waals surface area contributed by atoms with Crippen molar-refractivity contribution >= 4 is 0 Å². The zero-order valence-corrected chi connectivity index (χ0v) is 15.8. The SMILES string of the molecule is Cc1cn([C@@H]2O[C@H](CO)[C@@H](O)[C@H]2O)c(=O)[nH]c1=O.[Hg]. The van der Waals surface area contributed by atoms with Crippen LogP contribution >= 0.6 is 0 Å². The largest absolute Gasteiger partial charge is 0.394 e. The van der Waals surface area contributed by atoms with E-state index in [1.165, 1.54) is 13.1 Å². The first kappa shape index (κ1) is 16.5. The van der Waals surface area contributed by atoms with Gasteiger partial charge in [0.25, 0.3) is 5.56 Å². The van der Waals surface area contributed by atoms with Crippen LogP contribution in [0.2, 0.25) is 0 Å². The number of nitrogens with one attached hydrogen (secondary N) is 1. The van der Waals surface area contributed by atoms with Crippen LogP contribution in [0, 0.1) is 6.92 Å². The second-order valence-electron chi connectivity index (χ2n) is 4.21. The van der Waals surface area contributed by atoms with Crippen molar-refractivity contribution in [3.05, 3.63) is 32.6 Å². The van der Waals surface area contributed by atoms with Gasteiger partial charge < -0.3 is 20.1 Å². The Morgan fingerprint density at radius 2 is 2.00 bits per heavy atom. The standard InChI is InChI=1S/C10H14N2O6.Hg/c1-4-2-12(10(17)11-8(4)16)9-7(15)6(14)5(3-13)18-9;/h2,5-7,9,13-15H,3H2,1H3,(H,11,16,17);/t5-,6-,7-,9-;/m1./s1. The number of rotatable bonds is 2. The van der Waals surface area contributed by atoms with Crippen LogP contribution in [0.5, 0.6) is 0 Å². The Morgan fingerprint density at radius 3 is 2.53 bits per heavy atom. The molecular formula is C10H14HgN2O6. The molecule has 0 unspecified atom stereocenters. The minimum Gasteiger partial charge on any atom is -0.394 e. The number of hydrogen-bond acceptors (Lipinski definition) is 6. The van der Waals surface area contributed by atoms with Crippen molar-refractivity contribution in [2.45, 2.75) is 31.5 Å². The predicted molar refractivity (Wildman–Crippen MR) is 59.1 cm³/mol. The number of aliphatic hydroxyl groups excluding tert-OH is 3. The number of hydrogen-bond donors (Lipinski definition) is 4. The molecule has 2 heterocycles. The summed E-state index contributed by atoms with van der Waals surface area (Å²) in [5.41, 5.74) is -1.00. The van der Waals surface area contributed by atoms with Crippen LogP contribution < -0.4 is 11.2 Å². The molecule has 0 aromatic carbocycles. The molecule has 1 aromatic heterocycles. The molecule has 1 fully saturated rings. The molecule has 0 bridgehead atoms. The Kier molecular flexibility index (Phi) is 5.45. The van der Waals surface area contributed by atoms with E-state index in [2.05, 4.69) is 4.98 Å². The van der Waals surface area contributed by atoms with Gasteiger partial charge in [-0.2, -0.15) is 0 Å². The van der Waals surface area contributed by atoms with Crippen molar-refractivity contribution < 1.29 is 47.7 Å². The Morgan fingerprint density at radius 1 is 1.37 bits per heavy atom. The van der Waals surface area contributed by atoms with E-state index in [0.29, 0.717) is 0 Å². The summed E-state index contributed by atoms with van der Waals surface area (Å²) in [4.78, 5) is 24.9. The van der Waals surface area contributed by atoms with Crippen molar-refractivity contribution in [1.82, 2.24) is 9.55 Å². The van der Waals surface area contributed by atoms with Crippen molar-refractivity contribution in [1.29, 1.82) is 0 Å². The molecule has 0 radical (unpaired) electrons. The molecule has 1 aliphatic rings. The maximum absolute atomic E-state index is 11.6. The third-order valence-corrected chi connectivity index (χ3v) is 2.94. The van der Waals surface area contributed by atoms with Crippen LogP contribution in [-0.4, -0.2) is 49.8 Å². The van der Waals surface area contributed by atoms with Gasteiger partial charge in [-0.25, -0.2) is 4.79 Å². The van der Waals surface area contributed by atoms with Gasteiger partial charge in [0.15, 0.2) is 6.23 Å². The van der Waals surface area contributed by atoms with Crippen LogP contribution in [0.25, 0.3) is 0 Å². The molecule has 9 heteroatoms. The van der Waals surface area contributed by atoms with Gasteiger partial charge in [-0.1, -0.05) is 0 Å².